The molecule has 1 amide bonds. The molecule has 1 aromatic rings. The first-order chi connectivity index (χ1) is 8.63. The fourth-order valence-corrected chi connectivity index (χ4v) is 1.60. The van der Waals surface area contributed by atoms with Gasteiger partial charge in [-0.2, -0.15) is 0 Å². The minimum atomic E-state index is -0.983. The van der Waals surface area contributed by atoms with Crippen LogP contribution in [-0.2, 0) is 16.0 Å². The molecular formula is C13H18N2O3. The normalized spacial score (nSPS) is 11.8. The minimum Gasteiger partial charge on any atom is -0.480 e. The summed E-state index contributed by atoms with van der Waals surface area (Å²) in [6, 6.07) is 4.72. The van der Waals surface area contributed by atoms with Crippen molar-refractivity contribution < 1.29 is 14.7 Å². The van der Waals surface area contributed by atoms with Crippen molar-refractivity contribution in [1.29, 1.82) is 0 Å². The third-order valence-electron chi connectivity index (χ3n) is 2.55. The molecule has 0 saturated carbocycles. The average Bonchev–Trinajstić information content (AvgIpc) is 2.37. The zero-order valence-electron chi connectivity index (χ0n) is 10.4. The number of hydrogen-bond donors (Lipinski definition) is 2. The summed E-state index contributed by atoms with van der Waals surface area (Å²) in [6.45, 7) is 1.88. The first kappa shape index (κ1) is 14.2. The van der Waals surface area contributed by atoms with Crippen molar-refractivity contribution in [2.24, 2.45) is 0 Å². The van der Waals surface area contributed by atoms with E-state index in [1.807, 2.05) is 25.1 Å². The summed E-state index contributed by atoms with van der Waals surface area (Å²) in [5.74, 6) is -1.23. The topological polar surface area (TPSA) is 79.3 Å². The largest absolute Gasteiger partial charge is 0.480 e. The first-order valence-corrected chi connectivity index (χ1v) is 6.05. The lowest BCUT2D eigenvalue weighted by Gasteiger charge is -2.13. The minimum absolute atomic E-state index is 0.249. The Hall–Kier alpha value is -1.91. The van der Waals surface area contributed by atoms with Crippen molar-refractivity contribution in [2.75, 3.05) is 0 Å². The van der Waals surface area contributed by atoms with Gasteiger partial charge in [0.1, 0.15) is 6.04 Å². The Bertz CT molecular complexity index is 392. The molecule has 0 saturated heterocycles. The predicted molar refractivity (Wildman–Crippen MR) is 67.0 cm³/mol. The van der Waals surface area contributed by atoms with Crippen LogP contribution in [0.5, 0.6) is 0 Å². The molecule has 18 heavy (non-hydrogen) atoms. The molecule has 0 bridgehead atoms. The second-order valence-corrected chi connectivity index (χ2v) is 4.07. The van der Waals surface area contributed by atoms with Gasteiger partial charge in [-0.3, -0.25) is 9.78 Å². The van der Waals surface area contributed by atoms with E-state index in [1.165, 1.54) is 0 Å². The lowest BCUT2D eigenvalue weighted by Crippen LogP contribution is -2.40. The van der Waals surface area contributed by atoms with Crippen LogP contribution in [0.25, 0.3) is 0 Å². The van der Waals surface area contributed by atoms with E-state index in [9.17, 15) is 9.59 Å². The van der Waals surface area contributed by atoms with Gasteiger partial charge < -0.3 is 10.4 Å². The molecule has 2 N–H and O–H groups in total. The van der Waals surface area contributed by atoms with Crippen LogP contribution in [0, 0.1) is 0 Å². The van der Waals surface area contributed by atoms with Gasteiger partial charge in [-0.15, -0.1) is 0 Å². The third kappa shape index (κ3) is 4.95. The number of nitrogens with one attached hydrogen (secondary N) is 1. The van der Waals surface area contributed by atoms with Crippen LogP contribution in [0.4, 0.5) is 0 Å². The molecule has 5 nitrogen and oxygen atoms in total. The summed E-state index contributed by atoms with van der Waals surface area (Å²) < 4.78 is 0. The number of aliphatic carboxylic acids is 1. The SMILES string of the molecule is CCC[C@H](NC(=O)CCc1ccccn1)C(=O)O. The molecular weight excluding hydrogens is 232 g/mol. The van der Waals surface area contributed by atoms with Gasteiger partial charge in [0.15, 0.2) is 0 Å². The smallest absolute Gasteiger partial charge is 0.326 e. The maximum atomic E-state index is 11.6. The Morgan fingerprint density at radius 2 is 2.22 bits per heavy atom. The first-order valence-electron chi connectivity index (χ1n) is 6.05. The van der Waals surface area contributed by atoms with Crippen LogP contribution in [-0.4, -0.2) is 28.0 Å². The van der Waals surface area contributed by atoms with E-state index < -0.39 is 12.0 Å². The molecule has 5 heteroatoms. The van der Waals surface area contributed by atoms with Crippen LogP contribution in [0.15, 0.2) is 24.4 Å². The maximum Gasteiger partial charge on any atom is 0.326 e. The fraction of sp³-hybridized carbons (Fsp3) is 0.462. The molecule has 0 fully saturated rings. The number of nitrogens with zero attached hydrogens (tertiary/aromatic N) is 1. The lowest BCUT2D eigenvalue weighted by molar-refractivity contribution is -0.142. The number of carbonyl (C=O) groups excluding carboxylic acids is 1. The van der Waals surface area contributed by atoms with E-state index in [1.54, 1.807) is 6.20 Å². The fourth-order valence-electron chi connectivity index (χ4n) is 1.60. The van der Waals surface area contributed by atoms with Crippen LogP contribution >= 0.6 is 0 Å². The van der Waals surface area contributed by atoms with Crippen molar-refractivity contribution in [3.05, 3.63) is 30.1 Å². The van der Waals surface area contributed by atoms with Gasteiger partial charge in [0, 0.05) is 18.3 Å². The number of carbonyl (C=O) groups is 2. The van der Waals surface area contributed by atoms with E-state index in [-0.39, 0.29) is 12.3 Å². The van der Waals surface area contributed by atoms with Crippen LogP contribution in [0.3, 0.4) is 0 Å². The number of aryl methyl sites for hydroxylation is 1. The molecule has 1 aromatic heterocycles. The van der Waals surface area contributed by atoms with E-state index in [4.69, 9.17) is 5.11 Å². The summed E-state index contributed by atoms with van der Waals surface area (Å²) in [6.07, 6.45) is 3.61. The molecule has 0 radical (unpaired) electrons. The van der Waals surface area contributed by atoms with Crippen LogP contribution in [0.1, 0.15) is 31.9 Å². The number of hydrogen-bond acceptors (Lipinski definition) is 3. The number of carboxylic acids is 1. The van der Waals surface area contributed by atoms with Gasteiger partial charge in [0.05, 0.1) is 0 Å². The Morgan fingerprint density at radius 1 is 1.44 bits per heavy atom. The quantitative estimate of drug-likeness (QED) is 0.766. The van der Waals surface area contributed by atoms with Gasteiger partial charge >= 0.3 is 5.97 Å². The highest BCUT2D eigenvalue weighted by Crippen LogP contribution is 2.01. The summed E-state index contributed by atoms with van der Waals surface area (Å²) in [7, 11) is 0. The predicted octanol–water partition coefficient (Wildman–Crippen LogP) is 1.38. The van der Waals surface area contributed by atoms with Crippen LogP contribution < -0.4 is 5.32 Å². The van der Waals surface area contributed by atoms with Crippen molar-refractivity contribution in [1.82, 2.24) is 10.3 Å². The van der Waals surface area contributed by atoms with E-state index in [2.05, 4.69) is 10.3 Å². The zero-order valence-corrected chi connectivity index (χ0v) is 10.4. The van der Waals surface area contributed by atoms with Crippen molar-refractivity contribution in [3.63, 3.8) is 0 Å². The van der Waals surface area contributed by atoms with Gasteiger partial charge in [0.2, 0.25) is 5.91 Å². The van der Waals surface area contributed by atoms with E-state index in [0.717, 1.165) is 12.1 Å². The highest BCUT2D eigenvalue weighted by Gasteiger charge is 2.18. The number of rotatable bonds is 7. The molecule has 0 aliphatic rings. The Kier molecular flexibility index (Phi) is 5.84. The molecule has 1 heterocycles. The Balaban J connectivity index is 2.39. The number of pyridine rings is 1. The monoisotopic (exact) mass is 250 g/mol. The Morgan fingerprint density at radius 3 is 2.78 bits per heavy atom. The molecule has 0 unspecified atom stereocenters. The van der Waals surface area contributed by atoms with Gasteiger partial charge in [-0.1, -0.05) is 19.4 Å². The molecule has 0 spiro atoms. The number of carboxylic acid groups (broad SMARTS) is 1. The number of aromatic nitrogens is 1. The molecule has 98 valence electrons. The summed E-state index contributed by atoms with van der Waals surface area (Å²) in [5, 5.41) is 11.4. The van der Waals surface area contributed by atoms with E-state index in [0.29, 0.717) is 12.8 Å². The average molecular weight is 250 g/mol. The highest BCUT2D eigenvalue weighted by molar-refractivity contribution is 5.83. The van der Waals surface area contributed by atoms with E-state index >= 15 is 0 Å². The molecule has 1 atom stereocenters. The maximum absolute atomic E-state index is 11.6. The standard InChI is InChI=1S/C13H18N2O3/c1-2-5-11(13(17)18)15-12(16)8-7-10-6-3-4-9-14-10/h3-4,6,9,11H,2,5,7-8H2,1H3,(H,15,16)(H,17,18)/t11-/m0/s1. The molecule has 0 aliphatic heterocycles. The summed E-state index contributed by atoms with van der Waals surface area (Å²) in [4.78, 5) is 26.6. The van der Waals surface area contributed by atoms with Crippen molar-refractivity contribution in [3.8, 4) is 0 Å². The summed E-state index contributed by atoms with van der Waals surface area (Å²) in [5.41, 5.74) is 0.829. The molecule has 1 rings (SSSR count). The Labute approximate surface area is 106 Å². The molecule has 0 aromatic carbocycles. The van der Waals surface area contributed by atoms with Gasteiger partial charge in [-0.25, -0.2) is 4.79 Å². The number of amides is 1. The van der Waals surface area contributed by atoms with Gasteiger partial charge in [-0.05, 0) is 25.0 Å². The van der Waals surface area contributed by atoms with Crippen LogP contribution in [0.2, 0.25) is 0 Å². The second-order valence-electron chi connectivity index (χ2n) is 4.07. The summed E-state index contributed by atoms with van der Waals surface area (Å²) >= 11 is 0. The second kappa shape index (κ2) is 7.42. The van der Waals surface area contributed by atoms with Crippen molar-refractivity contribution in [2.45, 2.75) is 38.6 Å². The zero-order chi connectivity index (χ0) is 13.4. The third-order valence-corrected chi connectivity index (χ3v) is 2.55. The lowest BCUT2D eigenvalue weighted by atomic mass is 10.1. The highest BCUT2D eigenvalue weighted by atomic mass is 16.4. The van der Waals surface area contributed by atoms with Crippen molar-refractivity contribution >= 4 is 11.9 Å². The van der Waals surface area contributed by atoms with Gasteiger partial charge in [0.25, 0.3) is 0 Å². The molecule has 0 aliphatic carbocycles.